The fraction of sp³-hybridized carbons (Fsp3) is 0.971. The molecule has 0 aromatic rings. The molecule has 0 aliphatic rings. The van der Waals surface area contributed by atoms with E-state index in [4.69, 9.17) is 0 Å². The second kappa shape index (κ2) is 33.6. The van der Waals surface area contributed by atoms with E-state index in [1.165, 1.54) is 154 Å². The summed E-state index contributed by atoms with van der Waals surface area (Å²) in [6.07, 6.45) is 35.8. The van der Waals surface area contributed by atoms with E-state index in [9.17, 15) is 9.90 Å². The van der Waals surface area contributed by atoms with Gasteiger partial charge in [-0.2, -0.15) is 0 Å². The molecule has 0 rings (SSSR count). The molecule has 0 saturated heterocycles. The average Bonchev–Trinajstić information content (AvgIpc) is 2.89. The van der Waals surface area contributed by atoms with Gasteiger partial charge in [-0.05, 0) is 32.4 Å². The molecule has 0 aliphatic carbocycles. The van der Waals surface area contributed by atoms with Gasteiger partial charge in [-0.15, -0.1) is 0 Å². The van der Waals surface area contributed by atoms with Crippen molar-refractivity contribution in [3.05, 3.63) is 0 Å². The first kappa shape index (κ1) is 40.6. The number of unbranched alkanes of at least 4 members (excludes halogenated alkanes) is 24. The summed E-state index contributed by atoms with van der Waals surface area (Å²) in [5, 5.41) is 11.7. The third kappa shape index (κ3) is 28.0. The SMILES string of the molecule is CCCCCCCCCCCCCCCN(CCCCCCCCCCCCCCC)C(CC)C(=O)[O-].[Na+]. The normalized spacial score (nSPS) is 12.1. The van der Waals surface area contributed by atoms with Crippen LogP contribution < -0.4 is 34.7 Å². The summed E-state index contributed by atoms with van der Waals surface area (Å²) < 4.78 is 0. The van der Waals surface area contributed by atoms with Crippen molar-refractivity contribution >= 4 is 5.97 Å². The number of hydrogen-bond acceptors (Lipinski definition) is 3. The van der Waals surface area contributed by atoms with Crippen LogP contribution in [0.1, 0.15) is 194 Å². The van der Waals surface area contributed by atoms with E-state index in [0.29, 0.717) is 6.42 Å². The maximum Gasteiger partial charge on any atom is 1.00 e. The maximum atomic E-state index is 11.7. The third-order valence-corrected chi connectivity index (χ3v) is 8.20. The van der Waals surface area contributed by atoms with Gasteiger partial charge in [0.2, 0.25) is 0 Å². The zero-order chi connectivity index (χ0) is 27.2. The van der Waals surface area contributed by atoms with E-state index < -0.39 is 12.0 Å². The number of nitrogens with zero attached hydrogens (tertiary/aromatic N) is 1. The van der Waals surface area contributed by atoms with Crippen molar-refractivity contribution in [3.8, 4) is 0 Å². The van der Waals surface area contributed by atoms with E-state index in [1.54, 1.807) is 0 Å². The van der Waals surface area contributed by atoms with Gasteiger partial charge in [0.1, 0.15) is 0 Å². The van der Waals surface area contributed by atoms with Gasteiger partial charge in [0, 0.05) is 6.04 Å². The Bertz CT molecular complexity index is 430. The van der Waals surface area contributed by atoms with Crippen LogP contribution in [0.15, 0.2) is 0 Å². The first-order valence-electron chi connectivity index (χ1n) is 17.1. The Kier molecular flexibility index (Phi) is 35.9. The van der Waals surface area contributed by atoms with Crippen LogP contribution in [0.5, 0.6) is 0 Å². The summed E-state index contributed by atoms with van der Waals surface area (Å²) >= 11 is 0. The Balaban J connectivity index is 0. The molecular weight excluding hydrogens is 477 g/mol. The van der Waals surface area contributed by atoms with E-state index in [0.717, 1.165) is 25.9 Å². The number of hydrogen-bond donors (Lipinski definition) is 0. The second-order valence-electron chi connectivity index (χ2n) is 11.8. The topological polar surface area (TPSA) is 43.4 Å². The Morgan fingerprint density at radius 2 is 0.711 bits per heavy atom. The van der Waals surface area contributed by atoms with Gasteiger partial charge in [0.05, 0.1) is 5.97 Å². The van der Waals surface area contributed by atoms with E-state index in [2.05, 4.69) is 18.7 Å². The predicted octanol–water partition coefficient (Wildman–Crippen LogP) is 7.00. The van der Waals surface area contributed by atoms with Crippen molar-refractivity contribution in [2.45, 2.75) is 200 Å². The Labute approximate surface area is 262 Å². The molecule has 0 bridgehead atoms. The number of aliphatic carboxylic acids is 1. The van der Waals surface area contributed by atoms with Crippen molar-refractivity contribution in [2.75, 3.05) is 13.1 Å². The van der Waals surface area contributed by atoms with Crippen LogP contribution in [0.4, 0.5) is 0 Å². The van der Waals surface area contributed by atoms with Gasteiger partial charge in [-0.25, -0.2) is 0 Å². The number of carboxylic acids is 1. The number of carbonyl (C=O) groups excluding carboxylic acids is 1. The smallest absolute Gasteiger partial charge is 0.548 e. The third-order valence-electron chi connectivity index (χ3n) is 8.20. The monoisotopic (exact) mass is 546 g/mol. The van der Waals surface area contributed by atoms with Crippen molar-refractivity contribution < 1.29 is 39.5 Å². The fourth-order valence-corrected chi connectivity index (χ4v) is 5.66. The van der Waals surface area contributed by atoms with Gasteiger partial charge in [-0.3, -0.25) is 4.90 Å². The molecule has 4 heteroatoms. The molecule has 222 valence electrons. The van der Waals surface area contributed by atoms with Crippen molar-refractivity contribution in [3.63, 3.8) is 0 Å². The quantitative estimate of drug-likeness (QED) is 0.0695. The Morgan fingerprint density at radius 1 is 0.474 bits per heavy atom. The number of carbonyl (C=O) groups is 1. The standard InChI is InChI=1S/C34H69NO2.Na/c1-4-7-9-11-13-15-17-19-21-23-25-27-29-31-35(33(6-3)34(36)37)32-30-28-26-24-22-20-18-16-14-12-10-8-5-2;/h33H,4-32H2,1-3H3,(H,36,37);/q;+1/p-1. The average molecular weight is 546 g/mol. The molecule has 1 atom stereocenters. The zero-order valence-corrected chi connectivity index (χ0v) is 28.8. The summed E-state index contributed by atoms with van der Waals surface area (Å²) in [5.41, 5.74) is 0. The minimum Gasteiger partial charge on any atom is -0.548 e. The molecule has 0 aliphatic heterocycles. The van der Waals surface area contributed by atoms with E-state index in [1.807, 2.05) is 6.92 Å². The summed E-state index contributed by atoms with van der Waals surface area (Å²) in [7, 11) is 0. The number of rotatable bonds is 31. The molecule has 0 N–H and O–H groups in total. The van der Waals surface area contributed by atoms with Crippen LogP contribution in [0.2, 0.25) is 0 Å². The molecule has 0 heterocycles. The fourth-order valence-electron chi connectivity index (χ4n) is 5.66. The summed E-state index contributed by atoms with van der Waals surface area (Å²) in [5.74, 6) is -0.883. The molecule has 0 aromatic carbocycles. The molecule has 0 saturated carbocycles. The van der Waals surface area contributed by atoms with Crippen LogP contribution in [0, 0.1) is 0 Å². The molecule has 1 unspecified atom stereocenters. The van der Waals surface area contributed by atoms with Crippen molar-refractivity contribution in [2.24, 2.45) is 0 Å². The summed E-state index contributed by atoms with van der Waals surface area (Å²) in [6.45, 7) is 8.39. The molecule has 0 radical (unpaired) electrons. The summed E-state index contributed by atoms with van der Waals surface area (Å²) in [4.78, 5) is 13.9. The minimum atomic E-state index is -0.883. The minimum absolute atomic E-state index is 0. The van der Waals surface area contributed by atoms with Crippen LogP contribution in [0.3, 0.4) is 0 Å². The van der Waals surface area contributed by atoms with Crippen LogP contribution >= 0.6 is 0 Å². The largest absolute Gasteiger partial charge is 1.00 e. The zero-order valence-electron chi connectivity index (χ0n) is 26.8. The number of carboxylic acid groups (broad SMARTS) is 1. The molecule has 0 spiro atoms. The predicted molar refractivity (Wildman–Crippen MR) is 162 cm³/mol. The van der Waals surface area contributed by atoms with Crippen LogP contribution in [0.25, 0.3) is 0 Å². The van der Waals surface area contributed by atoms with Crippen molar-refractivity contribution in [1.29, 1.82) is 0 Å². The van der Waals surface area contributed by atoms with Crippen molar-refractivity contribution in [1.82, 2.24) is 4.90 Å². The summed E-state index contributed by atoms with van der Waals surface area (Å²) in [6, 6.07) is -0.408. The van der Waals surface area contributed by atoms with Gasteiger partial charge < -0.3 is 9.90 Å². The van der Waals surface area contributed by atoms with Gasteiger partial charge in [-0.1, -0.05) is 175 Å². The van der Waals surface area contributed by atoms with E-state index >= 15 is 0 Å². The molecular formula is C34H68NNaO2. The molecule has 0 fully saturated rings. The van der Waals surface area contributed by atoms with E-state index in [-0.39, 0.29) is 29.6 Å². The van der Waals surface area contributed by atoms with Gasteiger partial charge in [0.15, 0.2) is 0 Å². The molecule has 0 amide bonds. The Hall–Kier alpha value is 0.430. The maximum absolute atomic E-state index is 11.7. The first-order valence-corrected chi connectivity index (χ1v) is 17.1. The van der Waals surface area contributed by atoms with Gasteiger partial charge >= 0.3 is 29.6 Å². The van der Waals surface area contributed by atoms with Gasteiger partial charge in [0.25, 0.3) is 0 Å². The molecule has 0 aromatic heterocycles. The van der Waals surface area contributed by atoms with Crippen LogP contribution in [-0.4, -0.2) is 30.0 Å². The molecule has 3 nitrogen and oxygen atoms in total. The second-order valence-corrected chi connectivity index (χ2v) is 11.8. The molecule has 38 heavy (non-hydrogen) atoms. The first-order chi connectivity index (χ1) is 18.2. The Morgan fingerprint density at radius 3 is 0.921 bits per heavy atom. The van der Waals surface area contributed by atoms with Crippen LogP contribution in [-0.2, 0) is 4.79 Å².